The zero-order chi connectivity index (χ0) is 13.0. The first-order chi connectivity index (χ1) is 8.55. The Labute approximate surface area is 109 Å². The maximum Gasteiger partial charge on any atom is 0.175 e. The number of sulfone groups is 1. The molecule has 1 heterocycles. The molecule has 0 atom stereocenters. The fourth-order valence-electron chi connectivity index (χ4n) is 2.17. The molecular formula is C13H20N2O2S. The lowest BCUT2D eigenvalue weighted by Crippen LogP contribution is -2.31. The average Bonchev–Trinajstić information content (AvgIpc) is 2.37. The van der Waals surface area contributed by atoms with Crippen LogP contribution in [0.4, 0.5) is 5.69 Å². The molecule has 0 saturated carbocycles. The van der Waals surface area contributed by atoms with E-state index in [1.165, 1.54) is 19.1 Å². The van der Waals surface area contributed by atoms with Crippen molar-refractivity contribution >= 4 is 15.5 Å². The van der Waals surface area contributed by atoms with Crippen LogP contribution in [0.1, 0.15) is 12.8 Å². The molecule has 18 heavy (non-hydrogen) atoms. The van der Waals surface area contributed by atoms with Gasteiger partial charge in [0.2, 0.25) is 0 Å². The summed E-state index contributed by atoms with van der Waals surface area (Å²) in [6.07, 6.45) is 3.63. The molecule has 2 rings (SSSR count). The van der Waals surface area contributed by atoms with Gasteiger partial charge in [0.15, 0.2) is 9.84 Å². The van der Waals surface area contributed by atoms with Gasteiger partial charge in [-0.2, -0.15) is 0 Å². The third-order valence-corrected chi connectivity index (χ3v) is 4.46. The molecule has 1 aliphatic heterocycles. The molecule has 0 amide bonds. The first-order valence-corrected chi connectivity index (χ1v) is 8.19. The Morgan fingerprint density at radius 2 is 1.83 bits per heavy atom. The van der Waals surface area contributed by atoms with Gasteiger partial charge in [0.1, 0.15) is 0 Å². The van der Waals surface area contributed by atoms with Crippen LogP contribution >= 0.6 is 0 Å². The molecule has 0 bridgehead atoms. The lowest BCUT2D eigenvalue weighted by molar-refractivity contribution is 0.390. The van der Waals surface area contributed by atoms with Crippen LogP contribution in [0.15, 0.2) is 29.2 Å². The van der Waals surface area contributed by atoms with Crippen LogP contribution < -0.4 is 10.6 Å². The van der Waals surface area contributed by atoms with Gasteiger partial charge in [0.25, 0.3) is 0 Å². The van der Waals surface area contributed by atoms with Crippen molar-refractivity contribution in [2.75, 3.05) is 31.2 Å². The first-order valence-electron chi connectivity index (χ1n) is 6.30. The highest BCUT2D eigenvalue weighted by atomic mass is 32.2. The van der Waals surface area contributed by atoms with Gasteiger partial charge in [-0.25, -0.2) is 8.42 Å². The summed E-state index contributed by atoms with van der Waals surface area (Å²) in [5.74, 6) is 0.709. The fourth-order valence-corrected chi connectivity index (χ4v) is 2.80. The zero-order valence-electron chi connectivity index (χ0n) is 10.6. The van der Waals surface area contributed by atoms with Gasteiger partial charge in [-0.15, -0.1) is 0 Å². The standard InChI is InChI=1S/C13H20N2O2S/c1-18(16,17)13-4-2-12(3-5-13)15-10-11-6-8-14-9-7-11/h2-5,11,14-15H,6-10H2,1H3. The zero-order valence-corrected chi connectivity index (χ0v) is 11.5. The molecule has 1 saturated heterocycles. The summed E-state index contributed by atoms with van der Waals surface area (Å²) < 4.78 is 22.6. The van der Waals surface area contributed by atoms with Crippen LogP contribution in [0.5, 0.6) is 0 Å². The predicted molar refractivity (Wildman–Crippen MR) is 73.6 cm³/mol. The topological polar surface area (TPSA) is 58.2 Å². The second-order valence-electron chi connectivity index (χ2n) is 4.87. The van der Waals surface area contributed by atoms with Crippen molar-refractivity contribution in [2.45, 2.75) is 17.7 Å². The number of anilines is 1. The average molecular weight is 268 g/mol. The van der Waals surface area contributed by atoms with E-state index in [-0.39, 0.29) is 0 Å². The number of nitrogens with one attached hydrogen (secondary N) is 2. The Kier molecular flexibility index (Phi) is 4.24. The lowest BCUT2D eigenvalue weighted by atomic mass is 9.98. The predicted octanol–water partition coefficient (Wildman–Crippen LogP) is 1.50. The first kappa shape index (κ1) is 13.4. The van der Waals surface area contributed by atoms with E-state index in [2.05, 4.69) is 10.6 Å². The monoisotopic (exact) mass is 268 g/mol. The molecule has 0 unspecified atom stereocenters. The summed E-state index contributed by atoms with van der Waals surface area (Å²) in [7, 11) is -3.09. The third-order valence-electron chi connectivity index (χ3n) is 3.34. The maximum atomic E-state index is 11.3. The van der Waals surface area contributed by atoms with E-state index >= 15 is 0 Å². The van der Waals surface area contributed by atoms with Crippen molar-refractivity contribution in [3.8, 4) is 0 Å². The van der Waals surface area contributed by atoms with E-state index in [4.69, 9.17) is 0 Å². The SMILES string of the molecule is CS(=O)(=O)c1ccc(NCC2CCNCC2)cc1. The van der Waals surface area contributed by atoms with Gasteiger partial charge in [0.05, 0.1) is 4.90 Å². The number of benzene rings is 1. The van der Waals surface area contributed by atoms with Crippen molar-refractivity contribution in [3.63, 3.8) is 0 Å². The van der Waals surface area contributed by atoms with E-state index in [1.807, 2.05) is 12.1 Å². The van der Waals surface area contributed by atoms with Crippen LogP contribution in [0.2, 0.25) is 0 Å². The highest BCUT2D eigenvalue weighted by Crippen LogP contribution is 2.16. The largest absolute Gasteiger partial charge is 0.385 e. The smallest absolute Gasteiger partial charge is 0.175 e. The minimum atomic E-state index is -3.09. The number of rotatable bonds is 4. The van der Waals surface area contributed by atoms with Crippen LogP contribution in [0.25, 0.3) is 0 Å². The van der Waals surface area contributed by atoms with Gasteiger partial charge in [-0.05, 0) is 56.1 Å². The van der Waals surface area contributed by atoms with Crippen LogP contribution in [0.3, 0.4) is 0 Å². The second kappa shape index (κ2) is 5.71. The highest BCUT2D eigenvalue weighted by molar-refractivity contribution is 7.90. The van der Waals surface area contributed by atoms with Gasteiger partial charge in [-0.3, -0.25) is 0 Å². The van der Waals surface area contributed by atoms with E-state index in [1.54, 1.807) is 12.1 Å². The lowest BCUT2D eigenvalue weighted by Gasteiger charge is -2.23. The van der Waals surface area contributed by atoms with Crippen molar-refractivity contribution in [1.29, 1.82) is 0 Å². The molecule has 0 aliphatic carbocycles. The third kappa shape index (κ3) is 3.71. The van der Waals surface area contributed by atoms with Crippen molar-refractivity contribution < 1.29 is 8.42 Å². The van der Waals surface area contributed by atoms with E-state index in [0.717, 1.165) is 25.3 Å². The molecule has 0 aromatic heterocycles. The molecule has 0 spiro atoms. The number of piperidine rings is 1. The Morgan fingerprint density at radius 1 is 1.22 bits per heavy atom. The summed E-state index contributed by atoms with van der Waals surface area (Å²) in [6, 6.07) is 6.97. The molecule has 0 radical (unpaired) electrons. The fraction of sp³-hybridized carbons (Fsp3) is 0.538. The van der Waals surface area contributed by atoms with Crippen molar-refractivity contribution in [3.05, 3.63) is 24.3 Å². The Balaban J connectivity index is 1.90. The maximum absolute atomic E-state index is 11.3. The quantitative estimate of drug-likeness (QED) is 0.869. The summed E-state index contributed by atoms with van der Waals surface area (Å²) >= 11 is 0. The Morgan fingerprint density at radius 3 is 2.39 bits per heavy atom. The van der Waals surface area contributed by atoms with Crippen molar-refractivity contribution in [1.82, 2.24) is 5.32 Å². The number of hydrogen-bond acceptors (Lipinski definition) is 4. The molecule has 1 fully saturated rings. The molecule has 4 nitrogen and oxygen atoms in total. The van der Waals surface area contributed by atoms with E-state index in [9.17, 15) is 8.42 Å². The minimum absolute atomic E-state index is 0.370. The molecule has 1 aromatic rings. The summed E-state index contributed by atoms with van der Waals surface area (Å²) in [5, 5.41) is 6.71. The molecule has 5 heteroatoms. The Bertz CT molecular complexity index is 476. The summed E-state index contributed by atoms with van der Waals surface area (Å²) in [5.41, 5.74) is 0.987. The van der Waals surface area contributed by atoms with Crippen LogP contribution in [-0.4, -0.2) is 34.3 Å². The molecule has 1 aliphatic rings. The molecule has 1 aromatic carbocycles. The van der Waals surface area contributed by atoms with Crippen LogP contribution in [-0.2, 0) is 9.84 Å². The summed E-state index contributed by atoms with van der Waals surface area (Å²) in [4.78, 5) is 0.370. The van der Waals surface area contributed by atoms with E-state index < -0.39 is 9.84 Å². The van der Waals surface area contributed by atoms with Crippen molar-refractivity contribution in [2.24, 2.45) is 5.92 Å². The molecule has 100 valence electrons. The summed E-state index contributed by atoms with van der Waals surface area (Å²) in [6.45, 7) is 3.15. The van der Waals surface area contributed by atoms with Gasteiger partial charge in [-0.1, -0.05) is 0 Å². The van der Waals surface area contributed by atoms with Gasteiger partial charge in [0, 0.05) is 18.5 Å². The normalized spacial score (nSPS) is 17.6. The van der Waals surface area contributed by atoms with Crippen LogP contribution in [0, 0.1) is 5.92 Å². The highest BCUT2D eigenvalue weighted by Gasteiger charge is 2.12. The second-order valence-corrected chi connectivity index (χ2v) is 6.89. The van der Waals surface area contributed by atoms with E-state index in [0.29, 0.717) is 10.8 Å². The minimum Gasteiger partial charge on any atom is -0.385 e. The molecular weight excluding hydrogens is 248 g/mol. The van der Waals surface area contributed by atoms with Gasteiger partial charge >= 0.3 is 0 Å². The Hall–Kier alpha value is -1.07. The molecule has 2 N–H and O–H groups in total. The number of hydrogen-bond donors (Lipinski definition) is 2. The van der Waals surface area contributed by atoms with Gasteiger partial charge < -0.3 is 10.6 Å².